The number of ether oxygens (including phenoxy) is 1. The minimum absolute atomic E-state index is 0.127. The molecule has 0 fully saturated rings. The number of amides is 3. The molecular weight excluding hydrogens is 390 g/mol. The van der Waals surface area contributed by atoms with Crippen LogP contribution < -0.4 is 20.7 Å². The number of fused-ring (bicyclic) bond motifs is 2. The molecule has 1 aromatic carbocycles. The van der Waals surface area contributed by atoms with E-state index in [1.807, 2.05) is 13.0 Å². The summed E-state index contributed by atoms with van der Waals surface area (Å²) in [7, 11) is 0. The number of hydrogen-bond donors (Lipinski definition) is 3. The van der Waals surface area contributed by atoms with Gasteiger partial charge in [0.05, 0.1) is 17.7 Å². The van der Waals surface area contributed by atoms with E-state index in [-0.39, 0.29) is 24.1 Å². The number of carbonyl (C=O) groups excluding carboxylic acids is 3. The number of carbonyl (C=O) groups is 3. The fourth-order valence-electron chi connectivity index (χ4n) is 3.72. The molecule has 1 aliphatic heterocycles. The lowest BCUT2D eigenvalue weighted by Gasteiger charge is -2.25. The first-order chi connectivity index (χ1) is 14.1. The molecule has 29 heavy (non-hydrogen) atoms. The van der Waals surface area contributed by atoms with Crippen LogP contribution in [0.3, 0.4) is 0 Å². The van der Waals surface area contributed by atoms with E-state index < -0.39 is 6.10 Å². The van der Waals surface area contributed by atoms with Crippen molar-refractivity contribution in [3.8, 4) is 5.75 Å². The fraction of sp³-hybridized carbons (Fsp3) is 0.381. The number of aryl methyl sites for hydroxylation is 1. The average molecular weight is 413 g/mol. The lowest BCUT2D eigenvalue weighted by atomic mass is 9.95. The summed E-state index contributed by atoms with van der Waals surface area (Å²) in [4.78, 5) is 38.7. The van der Waals surface area contributed by atoms with Gasteiger partial charge in [-0.15, -0.1) is 11.3 Å². The minimum Gasteiger partial charge on any atom is -0.478 e. The van der Waals surface area contributed by atoms with E-state index in [9.17, 15) is 14.4 Å². The Balaban J connectivity index is 1.51. The van der Waals surface area contributed by atoms with Crippen LogP contribution in [-0.4, -0.2) is 30.4 Å². The predicted molar refractivity (Wildman–Crippen MR) is 112 cm³/mol. The molecule has 1 unspecified atom stereocenters. The van der Waals surface area contributed by atoms with Crippen molar-refractivity contribution in [3.63, 3.8) is 0 Å². The highest BCUT2D eigenvalue weighted by Crippen LogP contribution is 2.38. The van der Waals surface area contributed by atoms with Crippen LogP contribution in [0.5, 0.6) is 5.75 Å². The molecule has 8 heteroatoms. The highest BCUT2D eigenvalue weighted by molar-refractivity contribution is 7.17. The smallest absolute Gasteiger partial charge is 0.266 e. The first-order valence-corrected chi connectivity index (χ1v) is 10.7. The fourth-order valence-corrected chi connectivity index (χ4v) is 5.02. The average Bonchev–Trinajstić information content (AvgIpc) is 3.06. The number of benzene rings is 1. The van der Waals surface area contributed by atoms with Gasteiger partial charge in [-0.3, -0.25) is 14.4 Å². The molecule has 1 atom stereocenters. The third-order valence-electron chi connectivity index (χ3n) is 5.07. The van der Waals surface area contributed by atoms with Crippen LogP contribution in [0.2, 0.25) is 0 Å². The van der Waals surface area contributed by atoms with Crippen LogP contribution in [0.15, 0.2) is 24.3 Å². The van der Waals surface area contributed by atoms with Gasteiger partial charge in [-0.2, -0.15) is 0 Å². The Morgan fingerprint density at radius 2 is 2.03 bits per heavy atom. The van der Waals surface area contributed by atoms with Crippen LogP contribution >= 0.6 is 11.3 Å². The van der Waals surface area contributed by atoms with Gasteiger partial charge in [-0.1, -0.05) is 12.1 Å². The Morgan fingerprint density at radius 1 is 1.24 bits per heavy atom. The molecule has 152 valence electrons. The Bertz CT molecular complexity index is 969. The van der Waals surface area contributed by atoms with E-state index in [0.29, 0.717) is 28.5 Å². The van der Waals surface area contributed by atoms with Crippen molar-refractivity contribution in [2.75, 3.05) is 17.2 Å². The van der Waals surface area contributed by atoms with Gasteiger partial charge in [0, 0.05) is 11.4 Å². The van der Waals surface area contributed by atoms with E-state index in [2.05, 4.69) is 16.0 Å². The topological polar surface area (TPSA) is 96.5 Å². The van der Waals surface area contributed by atoms with Crippen molar-refractivity contribution >= 4 is 39.7 Å². The van der Waals surface area contributed by atoms with Crippen LogP contribution in [0.1, 0.15) is 47.0 Å². The molecule has 2 aliphatic rings. The van der Waals surface area contributed by atoms with Crippen LogP contribution in [0.25, 0.3) is 0 Å². The van der Waals surface area contributed by atoms with Crippen molar-refractivity contribution in [1.82, 2.24) is 5.32 Å². The molecule has 0 bridgehead atoms. The second kappa shape index (κ2) is 8.24. The largest absolute Gasteiger partial charge is 0.478 e. The summed E-state index contributed by atoms with van der Waals surface area (Å²) in [5.74, 6) is -0.329. The molecule has 0 radical (unpaired) electrons. The first-order valence-electron chi connectivity index (χ1n) is 9.86. The molecule has 0 saturated carbocycles. The van der Waals surface area contributed by atoms with Crippen molar-refractivity contribution in [2.24, 2.45) is 0 Å². The van der Waals surface area contributed by atoms with Gasteiger partial charge in [0.2, 0.25) is 5.91 Å². The molecule has 0 spiro atoms. The second-order valence-corrected chi connectivity index (χ2v) is 8.22. The lowest BCUT2D eigenvalue weighted by Crippen LogP contribution is -2.39. The molecule has 1 aromatic heterocycles. The number of para-hydroxylation sites is 2. The normalized spacial score (nSPS) is 17.4. The third kappa shape index (κ3) is 3.98. The molecule has 0 saturated heterocycles. The molecule has 2 heterocycles. The Kier molecular flexibility index (Phi) is 5.53. The number of thiophene rings is 1. The zero-order valence-electron chi connectivity index (χ0n) is 16.2. The summed E-state index contributed by atoms with van der Waals surface area (Å²) in [5.41, 5.74) is 2.21. The molecule has 7 nitrogen and oxygen atoms in total. The van der Waals surface area contributed by atoms with Gasteiger partial charge in [0.25, 0.3) is 11.8 Å². The van der Waals surface area contributed by atoms with Crippen molar-refractivity contribution < 1.29 is 19.1 Å². The van der Waals surface area contributed by atoms with Crippen LogP contribution in [-0.2, 0) is 22.4 Å². The SMILES string of the molecule is CCNC(=O)c1c(NC(=O)CC2Oc3ccccc3NC2=O)sc2c1CCCC2. The quantitative estimate of drug-likeness (QED) is 0.702. The molecule has 2 aromatic rings. The standard InChI is InChI=1S/C21H23N3O4S/c1-2-22-20(27)18-12-7-3-6-10-16(12)29-21(18)24-17(25)11-15-19(26)23-13-8-4-5-9-14(13)28-15/h4-5,8-9,15H,2-3,6-7,10-11H2,1H3,(H,22,27)(H,23,26)(H,24,25). The summed E-state index contributed by atoms with van der Waals surface area (Å²) in [5, 5.41) is 9.02. The van der Waals surface area contributed by atoms with Crippen LogP contribution in [0, 0.1) is 0 Å². The van der Waals surface area contributed by atoms with E-state index >= 15 is 0 Å². The summed E-state index contributed by atoms with van der Waals surface area (Å²) in [6, 6.07) is 7.11. The second-order valence-electron chi connectivity index (χ2n) is 7.12. The Hall–Kier alpha value is -2.87. The molecule has 3 N–H and O–H groups in total. The van der Waals surface area contributed by atoms with Gasteiger partial charge in [0.15, 0.2) is 6.10 Å². The summed E-state index contributed by atoms with van der Waals surface area (Å²) in [6.07, 6.45) is 2.86. The zero-order valence-corrected chi connectivity index (χ0v) is 17.0. The van der Waals surface area contributed by atoms with Gasteiger partial charge >= 0.3 is 0 Å². The van der Waals surface area contributed by atoms with E-state index in [0.717, 1.165) is 36.1 Å². The Morgan fingerprint density at radius 3 is 2.86 bits per heavy atom. The maximum absolute atomic E-state index is 12.7. The molecule has 3 amide bonds. The monoisotopic (exact) mass is 413 g/mol. The lowest BCUT2D eigenvalue weighted by molar-refractivity contribution is -0.128. The highest BCUT2D eigenvalue weighted by Gasteiger charge is 2.31. The highest BCUT2D eigenvalue weighted by atomic mass is 32.1. The molecule has 4 rings (SSSR count). The number of hydrogen-bond acceptors (Lipinski definition) is 5. The first kappa shape index (κ1) is 19.4. The maximum Gasteiger partial charge on any atom is 0.266 e. The van der Waals surface area contributed by atoms with E-state index in [1.54, 1.807) is 18.2 Å². The van der Waals surface area contributed by atoms with E-state index in [4.69, 9.17) is 4.74 Å². The van der Waals surface area contributed by atoms with Crippen molar-refractivity contribution in [3.05, 3.63) is 40.3 Å². The molecular formula is C21H23N3O4S. The van der Waals surface area contributed by atoms with Crippen LogP contribution in [0.4, 0.5) is 10.7 Å². The molecule has 1 aliphatic carbocycles. The number of rotatable bonds is 5. The number of anilines is 2. The van der Waals surface area contributed by atoms with Crippen molar-refractivity contribution in [1.29, 1.82) is 0 Å². The van der Waals surface area contributed by atoms with Gasteiger partial charge in [-0.05, 0) is 50.3 Å². The summed E-state index contributed by atoms with van der Waals surface area (Å²) in [6.45, 7) is 2.39. The zero-order chi connectivity index (χ0) is 20.4. The summed E-state index contributed by atoms with van der Waals surface area (Å²) >= 11 is 1.46. The van der Waals surface area contributed by atoms with E-state index in [1.165, 1.54) is 11.3 Å². The summed E-state index contributed by atoms with van der Waals surface area (Å²) < 4.78 is 5.70. The third-order valence-corrected chi connectivity index (χ3v) is 6.27. The maximum atomic E-state index is 12.7. The predicted octanol–water partition coefficient (Wildman–Crippen LogP) is 3.10. The number of nitrogens with one attached hydrogen (secondary N) is 3. The van der Waals surface area contributed by atoms with Gasteiger partial charge in [-0.25, -0.2) is 0 Å². The Labute approximate surface area is 172 Å². The van der Waals surface area contributed by atoms with Crippen molar-refractivity contribution in [2.45, 2.75) is 45.1 Å². The van der Waals surface area contributed by atoms with Gasteiger partial charge in [0.1, 0.15) is 10.8 Å². The van der Waals surface area contributed by atoms with Gasteiger partial charge < -0.3 is 20.7 Å². The minimum atomic E-state index is -0.910.